The molecule has 0 unspecified atom stereocenters. The molecule has 1 amide bonds. The van der Waals surface area contributed by atoms with E-state index in [1.165, 1.54) is 0 Å². The molecule has 3 aromatic rings. The molecule has 0 fully saturated rings. The number of aryl methyl sites for hydroxylation is 2. The molecule has 3 rings (SSSR count). The Balaban J connectivity index is 1.92. The first kappa shape index (κ1) is 17.8. The zero-order valence-corrected chi connectivity index (χ0v) is 15.5. The molecule has 0 aliphatic carbocycles. The van der Waals surface area contributed by atoms with Crippen LogP contribution in [0.4, 0.5) is 5.69 Å². The van der Waals surface area contributed by atoms with Gasteiger partial charge in [-0.2, -0.15) is 0 Å². The van der Waals surface area contributed by atoms with Crippen molar-refractivity contribution >= 4 is 17.2 Å². The van der Waals surface area contributed by atoms with Gasteiger partial charge in [-0.05, 0) is 51.5 Å². The number of ether oxygens (including phenoxy) is 2. The van der Waals surface area contributed by atoms with E-state index >= 15 is 0 Å². The number of hydrogen-bond donors (Lipinski definition) is 1. The number of rotatable bonds is 6. The summed E-state index contributed by atoms with van der Waals surface area (Å²) in [6.07, 6.45) is 1.85. The smallest absolute Gasteiger partial charge is 0.274 e. The molecule has 0 bridgehead atoms. The number of benzene rings is 1. The minimum Gasteiger partial charge on any atom is -0.490 e. The summed E-state index contributed by atoms with van der Waals surface area (Å²) in [5, 5.41) is 2.93. The zero-order valence-electron chi connectivity index (χ0n) is 15.5. The predicted octanol–water partition coefficient (Wildman–Crippen LogP) is 4.00. The number of carbonyl (C=O) groups excluding carboxylic acids is 1. The van der Waals surface area contributed by atoms with E-state index in [1.54, 1.807) is 18.2 Å². The first-order valence-corrected chi connectivity index (χ1v) is 8.70. The third-order valence-electron chi connectivity index (χ3n) is 4.04. The van der Waals surface area contributed by atoms with Crippen molar-refractivity contribution in [3.63, 3.8) is 0 Å². The van der Waals surface area contributed by atoms with Crippen molar-refractivity contribution in [1.82, 2.24) is 9.38 Å². The summed E-state index contributed by atoms with van der Waals surface area (Å²) in [4.78, 5) is 17.4. The highest BCUT2D eigenvalue weighted by Crippen LogP contribution is 2.31. The lowest BCUT2D eigenvalue weighted by atomic mass is 10.2. The largest absolute Gasteiger partial charge is 0.490 e. The third kappa shape index (κ3) is 3.35. The van der Waals surface area contributed by atoms with Gasteiger partial charge in [-0.1, -0.05) is 6.07 Å². The second kappa shape index (κ2) is 7.47. The van der Waals surface area contributed by atoms with Gasteiger partial charge in [-0.25, -0.2) is 4.98 Å². The SMILES string of the molecule is CCOc1ccc(NC(=O)c2c(C)nc3c(C)cccn23)cc1OCC. The number of imidazole rings is 1. The Morgan fingerprint density at radius 3 is 2.58 bits per heavy atom. The van der Waals surface area contributed by atoms with Gasteiger partial charge in [0.2, 0.25) is 0 Å². The van der Waals surface area contributed by atoms with Crippen molar-refractivity contribution in [2.24, 2.45) is 0 Å². The van der Waals surface area contributed by atoms with Gasteiger partial charge in [0.15, 0.2) is 11.5 Å². The molecule has 6 nitrogen and oxygen atoms in total. The van der Waals surface area contributed by atoms with E-state index in [2.05, 4.69) is 10.3 Å². The molecule has 2 heterocycles. The van der Waals surface area contributed by atoms with Crippen LogP contribution in [0.1, 0.15) is 35.6 Å². The van der Waals surface area contributed by atoms with Gasteiger partial charge >= 0.3 is 0 Å². The molecule has 1 N–H and O–H groups in total. The normalized spacial score (nSPS) is 10.8. The first-order valence-electron chi connectivity index (χ1n) is 8.70. The number of pyridine rings is 1. The van der Waals surface area contributed by atoms with Crippen molar-refractivity contribution < 1.29 is 14.3 Å². The van der Waals surface area contributed by atoms with E-state index in [9.17, 15) is 4.79 Å². The van der Waals surface area contributed by atoms with Crippen LogP contribution in [-0.2, 0) is 0 Å². The number of fused-ring (bicyclic) bond motifs is 1. The lowest BCUT2D eigenvalue weighted by molar-refractivity contribution is 0.102. The highest BCUT2D eigenvalue weighted by atomic mass is 16.5. The topological polar surface area (TPSA) is 64.9 Å². The van der Waals surface area contributed by atoms with Crippen LogP contribution in [0, 0.1) is 13.8 Å². The van der Waals surface area contributed by atoms with E-state index < -0.39 is 0 Å². The van der Waals surface area contributed by atoms with Crippen LogP contribution in [0.15, 0.2) is 36.5 Å². The highest BCUT2D eigenvalue weighted by Gasteiger charge is 2.18. The first-order chi connectivity index (χ1) is 12.5. The maximum atomic E-state index is 12.9. The van der Waals surface area contributed by atoms with Gasteiger partial charge in [0.05, 0.1) is 18.9 Å². The third-order valence-corrected chi connectivity index (χ3v) is 4.04. The van der Waals surface area contributed by atoms with Crippen LogP contribution >= 0.6 is 0 Å². The van der Waals surface area contributed by atoms with Crippen molar-refractivity contribution in [1.29, 1.82) is 0 Å². The fourth-order valence-electron chi connectivity index (χ4n) is 2.91. The number of amides is 1. The number of nitrogens with zero attached hydrogens (tertiary/aromatic N) is 2. The maximum Gasteiger partial charge on any atom is 0.274 e. The quantitative estimate of drug-likeness (QED) is 0.727. The van der Waals surface area contributed by atoms with Gasteiger partial charge in [-0.15, -0.1) is 0 Å². The minimum atomic E-state index is -0.216. The van der Waals surface area contributed by atoms with Gasteiger partial charge in [-0.3, -0.25) is 9.20 Å². The molecule has 136 valence electrons. The Bertz CT molecular complexity index is 947. The summed E-state index contributed by atoms with van der Waals surface area (Å²) in [6.45, 7) is 8.71. The summed E-state index contributed by atoms with van der Waals surface area (Å²) in [7, 11) is 0. The predicted molar refractivity (Wildman–Crippen MR) is 101 cm³/mol. The fourth-order valence-corrected chi connectivity index (χ4v) is 2.91. The van der Waals surface area contributed by atoms with E-state index in [0.29, 0.717) is 41.8 Å². The van der Waals surface area contributed by atoms with E-state index in [4.69, 9.17) is 9.47 Å². The minimum absolute atomic E-state index is 0.216. The van der Waals surface area contributed by atoms with Gasteiger partial charge in [0, 0.05) is 18.0 Å². The Kier molecular flexibility index (Phi) is 5.11. The molecule has 1 aromatic carbocycles. The second-order valence-corrected chi connectivity index (χ2v) is 5.91. The van der Waals surface area contributed by atoms with E-state index in [0.717, 1.165) is 11.2 Å². The monoisotopic (exact) mass is 353 g/mol. The molecule has 0 atom stereocenters. The second-order valence-electron chi connectivity index (χ2n) is 5.91. The van der Waals surface area contributed by atoms with Crippen molar-refractivity contribution in [3.8, 4) is 11.5 Å². The van der Waals surface area contributed by atoms with Crippen LogP contribution in [0.2, 0.25) is 0 Å². The summed E-state index contributed by atoms with van der Waals surface area (Å²) in [5.74, 6) is 1.05. The van der Waals surface area contributed by atoms with E-state index in [-0.39, 0.29) is 5.91 Å². The molecule has 0 aliphatic heterocycles. The van der Waals surface area contributed by atoms with Crippen LogP contribution in [0.3, 0.4) is 0 Å². The average molecular weight is 353 g/mol. The Labute approximate surface area is 152 Å². The molecule has 0 saturated heterocycles. The Hall–Kier alpha value is -3.02. The molecule has 26 heavy (non-hydrogen) atoms. The number of nitrogens with one attached hydrogen (secondary N) is 1. The van der Waals surface area contributed by atoms with Crippen molar-refractivity contribution in [2.75, 3.05) is 18.5 Å². The molecule has 2 aromatic heterocycles. The molecule has 6 heteroatoms. The Morgan fingerprint density at radius 2 is 1.85 bits per heavy atom. The molecule has 0 aliphatic rings. The number of hydrogen-bond acceptors (Lipinski definition) is 4. The van der Waals surface area contributed by atoms with Gasteiger partial charge in [0.25, 0.3) is 5.91 Å². The van der Waals surface area contributed by atoms with Crippen LogP contribution < -0.4 is 14.8 Å². The molecule has 0 radical (unpaired) electrons. The van der Waals surface area contributed by atoms with Gasteiger partial charge < -0.3 is 14.8 Å². The van der Waals surface area contributed by atoms with Crippen LogP contribution in [0.25, 0.3) is 5.65 Å². The van der Waals surface area contributed by atoms with Crippen LogP contribution in [-0.4, -0.2) is 28.5 Å². The summed E-state index contributed by atoms with van der Waals surface area (Å²) in [5.41, 5.74) is 3.67. The Morgan fingerprint density at radius 1 is 1.12 bits per heavy atom. The number of carbonyl (C=O) groups is 1. The highest BCUT2D eigenvalue weighted by molar-refractivity contribution is 6.04. The number of aromatic nitrogens is 2. The zero-order chi connectivity index (χ0) is 18.7. The maximum absolute atomic E-state index is 12.9. The summed E-state index contributed by atoms with van der Waals surface area (Å²) in [6, 6.07) is 9.26. The van der Waals surface area contributed by atoms with Gasteiger partial charge in [0.1, 0.15) is 11.3 Å². The summed E-state index contributed by atoms with van der Waals surface area (Å²) < 4.78 is 13.0. The molecule has 0 saturated carbocycles. The average Bonchev–Trinajstić information content (AvgIpc) is 2.95. The molecule has 0 spiro atoms. The standard InChI is InChI=1S/C20H23N3O3/c1-5-25-16-10-9-15(12-17(16)26-6-2)22-20(24)18-14(4)21-19-13(3)8-7-11-23(18)19/h7-12H,5-6H2,1-4H3,(H,22,24). The number of anilines is 1. The van der Waals surface area contributed by atoms with Crippen molar-refractivity contribution in [2.45, 2.75) is 27.7 Å². The van der Waals surface area contributed by atoms with E-state index in [1.807, 2.05) is 50.4 Å². The fraction of sp³-hybridized carbons (Fsp3) is 0.300. The molecular weight excluding hydrogens is 330 g/mol. The lowest BCUT2D eigenvalue weighted by Crippen LogP contribution is -2.15. The summed E-state index contributed by atoms with van der Waals surface area (Å²) >= 11 is 0. The molecular formula is C20H23N3O3. The lowest BCUT2D eigenvalue weighted by Gasteiger charge is -2.13. The van der Waals surface area contributed by atoms with Crippen LogP contribution in [0.5, 0.6) is 11.5 Å². The van der Waals surface area contributed by atoms with Crippen molar-refractivity contribution in [3.05, 3.63) is 53.5 Å².